The van der Waals surface area contributed by atoms with Crippen LogP contribution in [0.2, 0.25) is 0 Å². The number of allylic oxidation sites excluding steroid dienone is 1. The zero-order chi connectivity index (χ0) is 28.2. The average molecular weight is 667 g/mol. The van der Waals surface area contributed by atoms with Gasteiger partial charge in [0.25, 0.3) is 5.56 Å². The van der Waals surface area contributed by atoms with Crippen molar-refractivity contribution in [2.24, 2.45) is 4.99 Å². The molecule has 0 unspecified atom stereocenters. The first-order valence-corrected chi connectivity index (χ1v) is 14.6. The highest BCUT2D eigenvalue weighted by Crippen LogP contribution is 2.35. The molecule has 4 aromatic rings. The van der Waals surface area contributed by atoms with Crippen LogP contribution in [0.4, 0.5) is 0 Å². The molecule has 0 spiro atoms. The molecule has 0 saturated carbocycles. The van der Waals surface area contributed by atoms with Crippen molar-refractivity contribution in [2.45, 2.75) is 26.5 Å². The Morgan fingerprint density at radius 1 is 1.10 bits per heavy atom. The molecule has 0 aliphatic carbocycles. The van der Waals surface area contributed by atoms with Crippen LogP contribution in [0.15, 0.2) is 93.9 Å². The predicted octanol–water partition coefficient (Wildman–Crippen LogP) is 4.99. The van der Waals surface area contributed by atoms with Gasteiger partial charge in [-0.1, -0.05) is 72.0 Å². The second-order valence-corrected chi connectivity index (χ2v) is 11.2. The van der Waals surface area contributed by atoms with Gasteiger partial charge in [-0.25, -0.2) is 9.79 Å². The maximum Gasteiger partial charge on any atom is 0.338 e. The van der Waals surface area contributed by atoms with Gasteiger partial charge in [-0.2, -0.15) is 0 Å². The normalized spacial score (nSPS) is 14.9. The SMILES string of the molecule is CCOC(=O)C1=C(C)N=c2s/c(=C/c3cc(I)c(OCc4ccccc4)c(OC)c3)c(=O)n2[C@@H]1c1ccccc1. The van der Waals surface area contributed by atoms with Crippen LogP contribution in [0.3, 0.4) is 0 Å². The van der Waals surface area contributed by atoms with E-state index in [2.05, 4.69) is 27.6 Å². The molecule has 1 aliphatic heterocycles. The zero-order valence-electron chi connectivity index (χ0n) is 22.2. The fraction of sp³-hybridized carbons (Fsp3) is 0.194. The number of hydrogen-bond acceptors (Lipinski definition) is 7. The van der Waals surface area contributed by atoms with Gasteiger partial charge in [0.1, 0.15) is 6.61 Å². The average Bonchev–Trinajstić information content (AvgIpc) is 3.26. The van der Waals surface area contributed by atoms with E-state index < -0.39 is 12.0 Å². The first-order chi connectivity index (χ1) is 19.4. The van der Waals surface area contributed by atoms with E-state index in [9.17, 15) is 9.59 Å². The van der Waals surface area contributed by atoms with Gasteiger partial charge in [-0.3, -0.25) is 9.36 Å². The highest BCUT2D eigenvalue weighted by molar-refractivity contribution is 14.1. The highest BCUT2D eigenvalue weighted by atomic mass is 127. The summed E-state index contributed by atoms with van der Waals surface area (Å²) in [5.74, 6) is 0.742. The number of aromatic nitrogens is 1. The predicted molar refractivity (Wildman–Crippen MR) is 163 cm³/mol. The number of fused-ring (bicyclic) bond motifs is 1. The van der Waals surface area contributed by atoms with E-state index in [1.807, 2.05) is 78.9 Å². The molecule has 0 amide bonds. The van der Waals surface area contributed by atoms with Crippen LogP contribution in [-0.4, -0.2) is 24.3 Å². The van der Waals surface area contributed by atoms with Crippen molar-refractivity contribution in [3.8, 4) is 11.5 Å². The molecular formula is C31H27IN2O5S. The second kappa shape index (κ2) is 12.2. The van der Waals surface area contributed by atoms with Gasteiger partial charge in [0.15, 0.2) is 16.3 Å². The number of nitrogens with zero attached hydrogens (tertiary/aromatic N) is 2. The third kappa shape index (κ3) is 5.62. The number of halogens is 1. The summed E-state index contributed by atoms with van der Waals surface area (Å²) >= 11 is 3.50. The van der Waals surface area contributed by atoms with E-state index in [0.29, 0.717) is 38.7 Å². The fourth-order valence-corrected chi connectivity index (χ4v) is 6.41. The fourth-order valence-electron chi connectivity index (χ4n) is 4.59. The number of ether oxygens (including phenoxy) is 3. The van der Waals surface area contributed by atoms with Crippen LogP contribution in [0.25, 0.3) is 6.08 Å². The van der Waals surface area contributed by atoms with E-state index >= 15 is 0 Å². The summed E-state index contributed by atoms with van der Waals surface area (Å²) in [4.78, 5) is 32.0. The van der Waals surface area contributed by atoms with Gasteiger partial charge in [-0.15, -0.1) is 0 Å². The number of carbonyl (C=O) groups is 1. The molecule has 0 fully saturated rings. The molecule has 5 rings (SSSR count). The molecule has 9 heteroatoms. The number of esters is 1. The molecule has 3 aromatic carbocycles. The van der Waals surface area contributed by atoms with Gasteiger partial charge in [0.05, 0.1) is 39.1 Å². The van der Waals surface area contributed by atoms with Crippen molar-refractivity contribution < 1.29 is 19.0 Å². The molecule has 7 nitrogen and oxygen atoms in total. The number of methoxy groups -OCH3 is 1. The molecule has 0 radical (unpaired) electrons. The lowest BCUT2D eigenvalue weighted by molar-refractivity contribution is -0.139. The van der Waals surface area contributed by atoms with Crippen LogP contribution < -0.4 is 24.4 Å². The van der Waals surface area contributed by atoms with E-state index in [-0.39, 0.29) is 12.2 Å². The third-order valence-electron chi connectivity index (χ3n) is 6.41. The molecule has 40 heavy (non-hydrogen) atoms. The van der Waals surface area contributed by atoms with E-state index in [0.717, 1.165) is 20.3 Å². The van der Waals surface area contributed by atoms with Crippen molar-refractivity contribution in [3.05, 3.63) is 124 Å². The Hall–Kier alpha value is -3.70. The largest absolute Gasteiger partial charge is 0.493 e. The van der Waals surface area contributed by atoms with Gasteiger partial charge in [-0.05, 0) is 71.3 Å². The Morgan fingerprint density at radius 2 is 1.80 bits per heavy atom. The minimum Gasteiger partial charge on any atom is -0.493 e. The Morgan fingerprint density at radius 3 is 2.48 bits per heavy atom. The van der Waals surface area contributed by atoms with Crippen molar-refractivity contribution in [1.82, 2.24) is 4.57 Å². The molecule has 1 atom stereocenters. The van der Waals surface area contributed by atoms with Gasteiger partial charge in [0, 0.05) is 0 Å². The summed E-state index contributed by atoms with van der Waals surface area (Å²) in [5, 5.41) is 0. The first-order valence-electron chi connectivity index (χ1n) is 12.7. The molecule has 0 saturated heterocycles. The zero-order valence-corrected chi connectivity index (χ0v) is 25.2. The van der Waals surface area contributed by atoms with E-state index in [1.165, 1.54) is 11.3 Å². The molecule has 1 aliphatic rings. The van der Waals surface area contributed by atoms with Crippen molar-refractivity contribution in [3.63, 3.8) is 0 Å². The summed E-state index contributed by atoms with van der Waals surface area (Å²) in [5.41, 5.74) is 3.32. The minimum atomic E-state index is -0.637. The number of thiazole rings is 1. The Bertz CT molecular complexity index is 1760. The monoisotopic (exact) mass is 666 g/mol. The van der Waals surface area contributed by atoms with Crippen molar-refractivity contribution in [1.29, 1.82) is 0 Å². The number of benzene rings is 3. The summed E-state index contributed by atoms with van der Waals surface area (Å²) in [6, 6.07) is 22.6. The molecule has 1 aromatic heterocycles. The molecule has 2 heterocycles. The maximum atomic E-state index is 13.8. The molecular weight excluding hydrogens is 639 g/mol. The number of carbonyl (C=O) groups excluding carboxylic acids is 1. The van der Waals surface area contributed by atoms with E-state index in [4.69, 9.17) is 14.2 Å². The summed E-state index contributed by atoms with van der Waals surface area (Å²) in [6.07, 6.45) is 1.82. The molecule has 204 valence electrons. The Labute approximate surface area is 249 Å². The van der Waals surface area contributed by atoms with Crippen LogP contribution in [0.5, 0.6) is 11.5 Å². The standard InChI is InChI=1S/C31H27IN2O5S/c1-4-38-30(36)26-19(2)33-31-34(27(26)22-13-9-6-10-14-22)29(35)25(40-31)17-21-15-23(32)28(24(16-21)37-3)39-18-20-11-7-5-8-12-20/h5-17,27H,4,18H2,1-3H3/b25-17+/t27-/m1/s1. The number of rotatable bonds is 8. The van der Waals surface area contributed by atoms with Crippen LogP contribution >= 0.6 is 33.9 Å². The van der Waals surface area contributed by atoms with E-state index in [1.54, 1.807) is 25.5 Å². The smallest absolute Gasteiger partial charge is 0.338 e. The quantitative estimate of drug-likeness (QED) is 0.196. The van der Waals surface area contributed by atoms with Crippen LogP contribution in [0.1, 0.15) is 36.6 Å². The lowest BCUT2D eigenvalue weighted by atomic mass is 9.96. The van der Waals surface area contributed by atoms with Crippen molar-refractivity contribution in [2.75, 3.05) is 13.7 Å². The Balaban J connectivity index is 1.58. The van der Waals surface area contributed by atoms with Crippen molar-refractivity contribution >= 4 is 46.0 Å². The third-order valence-corrected chi connectivity index (χ3v) is 8.19. The Kier molecular flexibility index (Phi) is 8.51. The highest BCUT2D eigenvalue weighted by Gasteiger charge is 2.33. The topological polar surface area (TPSA) is 79.1 Å². The molecule has 0 bridgehead atoms. The van der Waals surface area contributed by atoms with Gasteiger partial charge in [0.2, 0.25) is 0 Å². The van der Waals surface area contributed by atoms with Crippen LogP contribution in [-0.2, 0) is 16.1 Å². The van der Waals surface area contributed by atoms with Crippen LogP contribution in [0, 0.1) is 3.57 Å². The maximum absolute atomic E-state index is 13.8. The lowest BCUT2D eigenvalue weighted by Gasteiger charge is -2.24. The summed E-state index contributed by atoms with van der Waals surface area (Å²) < 4.78 is 20.0. The summed E-state index contributed by atoms with van der Waals surface area (Å²) in [7, 11) is 1.60. The molecule has 0 N–H and O–H groups in total. The lowest BCUT2D eigenvalue weighted by Crippen LogP contribution is -2.39. The van der Waals surface area contributed by atoms with Gasteiger partial charge < -0.3 is 14.2 Å². The summed E-state index contributed by atoms with van der Waals surface area (Å²) in [6.45, 7) is 4.18. The van der Waals surface area contributed by atoms with Gasteiger partial charge >= 0.3 is 5.97 Å². The number of hydrogen-bond donors (Lipinski definition) is 0. The first kappa shape index (κ1) is 27.9. The second-order valence-electron chi connectivity index (χ2n) is 9.02. The minimum absolute atomic E-state index is 0.229.